The Hall–Kier alpha value is -0.790. The van der Waals surface area contributed by atoms with E-state index in [1.165, 1.54) is 24.2 Å². The van der Waals surface area contributed by atoms with E-state index < -0.39 is 10.0 Å². The predicted molar refractivity (Wildman–Crippen MR) is 61.0 cm³/mol. The van der Waals surface area contributed by atoms with E-state index in [-0.39, 0.29) is 11.0 Å². The van der Waals surface area contributed by atoms with Crippen molar-refractivity contribution in [3.8, 4) is 5.75 Å². The van der Waals surface area contributed by atoms with E-state index in [0.717, 1.165) is 12.8 Å². The van der Waals surface area contributed by atoms with Gasteiger partial charge in [0.25, 0.3) is 0 Å². The summed E-state index contributed by atoms with van der Waals surface area (Å²) in [4.78, 5) is 4.40. The highest BCUT2D eigenvalue weighted by Gasteiger charge is 2.26. The van der Waals surface area contributed by atoms with Gasteiger partial charge in [0.1, 0.15) is 4.90 Å². The Labute approximate surface area is 98.4 Å². The van der Waals surface area contributed by atoms with Gasteiger partial charge in [0.05, 0.1) is 17.2 Å². The zero-order valence-electron chi connectivity index (χ0n) is 8.71. The van der Waals surface area contributed by atoms with E-state index in [9.17, 15) is 8.42 Å². The number of hydrogen-bond acceptors (Lipinski definition) is 5. The van der Waals surface area contributed by atoms with Crippen molar-refractivity contribution in [2.75, 3.05) is 6.26 Å². The normalized spacial score (nSPS) is 16.1. The quantitative estimate of drug-likeness (QED) is 0.816. The van der Waals surface area contributed by atoms with Crippen LogP contribution in [0.15, 0.2) is 22.2 Å². The van der Waals surface area contributed by atoms with Crippen LogP contribution in [0.5, 0.6) is 5.75 Å². The van der Waals surface area contributed by atoms with E-state index in [1.54, 1.807) is 6.26 Å². The van der Waals surface area contributed by atoms with Crippen LogP contribution in [0.4, 0.5) is 0 Å². The van der Waals surface area contributed by atoms with Crippen LogP contribution in [0.2, 0.25) is 0 Å². The van der Waals surface area contributed by atoms with Gasteiger partial charge in [-0.1, -0.05) is 0 Å². The lowest BCUT2D eigenvalue weighted by Gasteiger charge is -2.11. The maximum absolute atomic E-state index is 11.3. The SMILES string of the molecule is CSc1c(OC2CC2)cncc1S(N)(=O)=O. The van der Waals surface area contributed by atoms with Crippen molar-refractivity contribution in [2.45, 2.75) is 28.7 Å². The van der Waals surface area contributed by atoms with Crippen molar-refractivity contribution in [3.63, 3.8) is 0 Å². The van der Waals surface area contributed by atoms with Gasteiger partial charge in [-0.25, -0.2) is 13.6 Å². The van der Waals surface area contributed by atoms with Crippen molar-refractivity contribution in [1.29, 1.82) is 0 Å². The van der Waals surface area contributed by atoms with Crippen LogP contribution in [0.3, 0.4) is 0 Å². The molecule has 2 rings (SSSR count). The van der Waals surface area contributed by atoms with Crippen LogP contribution in [-0.4, -0.2) is 25.8 Å². The third-order valence-corrected chi connectivity index (χ3v) is 4.04. The average molecular weight is 260 g/mol. The molecular weight excluding hydrogens is 248 g/mol. The van der Waals surface area contributed by atoms with Gasteiger partial charge in [-0.2, -0.15) is 0 Å². The Morgan fingerprint density at radius 1 is 1.50 bits per heavy atom. The van der Waals surface area contributed by atoms with Gasteiger partial charge in [0.15, 0.2) is 5.75 Å². The number of aromatic nitrogens is 1. The lowest BCUT2D eigenvalue weighted by Crippen LogP contribution is -2.14. The molecule has 0 atom stereocenters. The highest BCUT2D eigenvalue weighted by Crippen LogP contribution is 2.36. The number of primary sulfonamides is 1. The van der Waals surface area contributed by atoms with E-state index in [4.69, 9.17) is 9.88 Å². The summed E-state index contributed by atoms with van der Waals surface area (Å²) in [5.41, 5.74) is 0. The molecule has 1 fully saturated rings. The molecule has 1 saturated carbocycles. The van der Waals surface area contributed by atoms with E-state index in [0.29, 0.717) is 10.6 Å². The number of hydrogen-bond donors (Lipinski definition) is 1. The maximum Gasteiger partial charge on any atom is 0.240 e. The molecule has 1 aromatic rings. The third kappa shape index (κ3) is 2.47. The number of nitrogens with two attached hydrogens (primary N) is 1. The van der Waals surface area contributed by atoms with Crippen LogP contribution < -0.4 is 9.88 Å². The summed E-state index contributed by atoms with van der Waals surface area (Å²) in [6.07, 6.45) is 6.77. The molecule has 0 aliphatic heterocycles. The second kappa shape index (κ2) is 4.23. The van der Waals surface area contributed by atoms with Crippen molar-refractivity contribution in [2.24, 2.45) is 5.14 Å². The lowest BCUT2D eigenvalue weighted by molar-refractivity contribution is 0.293. The standard InChI is InChI=1S/C9H12N2O3S2/c1-15-9-7(14-6-2-3-6)4-11-5-8(9)16(10,12)13/h4-6H,2-3H2,1H3,(H2,10,12,13). The minimum absolute atomic E-state index is 0.0261. The molecule has 0 saturated heterocycles. The van der Waals surface area contributed by atoms with Crippen LogP contribution in [0.25, 0.3) is 0 Å². The Balaban J connectivity index is 2.45. The molecule has 0 unspecified atom stereocenters. The first-order valence-corrected chi connectivity index (χ1v) is 7.51. The second-order valence-corrected chi connectivity index (χ2v) is 5.88. The summed E-state index contributed by atoms with van der Waals surface area (Å²) in [5, 5.41) is 5.11. The van der Waals surface area contributed by atoms with Crippen molar-refractivity contribution >= 4 is 21.8 Å². The molecule has 0 aromatic carbocycles. The third-order valence-electron chi connectivity index (χ3n) is 2.16. The monoisotopic (exact) mass is 260 g/mol. The van der Waals surface area contributed by atoms with Crippen LogP contribution in [-0.2, 0) is 10.0 Å². The summed E-state index contributed by atoms with van der Waals surface area (Å²) in [5.74, 6) is 0.501. The van der Waals surface area contributed by atoms with Gasteiger partial charge in [0, 0.05) is 6.20 Å². The lowest BCUT2D eigenvalue weighted by atomic mass is 10.4. The number of sulfonamides is 1. The first kappa shape index (κ1) is 11.7. The van der Waals surface area contributed by atoms with Crippen LogP contribution >= 0.6 is 11.8 Å². The van der Waals surface area contributed by atoms with Crippen molar-refractivity contribution in [3.05, 3.63) is 12.4 Å². The first-order chi connectivity index (χ1) is 7.52. The smallest absolute Gasteiger partial charge is 0.240 e. The van der Waals surface area contributed by atoms with Gasteiger partial charge in [-0.3, -0.25) is 4.98 Å². The fourth-order valence-electron chi connectivity index (χ4n) is 1.26. The molecule has 1 aliphatic carbocycles. The van der Waals surface area contributed by atoms with Gasteiger partial charge < -0.3 is 4.74 Å². The number of thioether (sulfide) groups is 1. The molecule has 1 aromatic heterocycles. The Bertz CT molecular complexity index is 497. The topological polar surface area (TPSA) is 82.3 Å². The van der Waals surface area contributed by atoms with E-state index in [2.05, 4.69) is 4.98 Å². The minimum Gasteiger partial charge on any atom is -0.488 e. The predicted octanol–water partition coefficient (Wildman–Crippen LogP) is 0.992. The van der Waals surface area contributed by atoms with Gasteiger partial charge in [-0.05, 0) is 19.1 Å². The molecule has 1 aliphatic rings. The molecule has 2 N–H and O–H groups in total. The second-order valence-electron chi connectivity index (χ2n) is 3.53. The fourth-order valence-corrected chi connectivity index (χ4v) is 2.99. The minimum atomic E-state index is -3.75. The molecular formula is C9H12N2O3S2. The summed E-state index contributed by atoms with van der Waals surface area (Å²) in [7, 11) is -3.75. The highest BCUT2D eigenvalue weighted by atomic mass is 32.2. The number of rotatable bonds is 4. The van der Waals surface area contributed by atoms with Crippen LogP contribution in [0, 0.1) is 0 Å². The number of ether oxygens (including phenoxy) is 1. The molecule has 0 radical (unpaired) electrons. The Morgan fingerprint density at radius 3 is 2.69 bits per heavy atom. The van der Waals surface area contributed by atoms with Crippen LogP contribution in [0.1, 0.15) is 12.8 Å². The highest BCUT2D eigenvalue weighted by molar-refractivity contribution is 7.99. The average Bonchev–Trinajstić information content (AvgIpc) is 3.00. The summed E-state index contributed by atoms with van der Waals surface area (Å²) < 4.78 is 28.3. The van der Waals surface area contributed by atoms with E-state index in [1.807, 2.05) is 0 Å². The van der Waals surface area contributed by atoms with Crippen molar-refractivity contribution < 1.29 is 13.2 Å². The molecule has 0 spiro atoms. The fraction of sp³-hybridized carbons (Fsp3) is 0.444. The van der Waals surface area contributed by atoms with Crippen molar-refractivity contribution in [1.82, 2.24) is 4.98 Å². The largest absolute Gasteiger partial charge is 0.488 e. The number of nitrogens with zero attached hydrogens (tertiary/aromatic N) is 1. The number of pyridine rings is 1. The molecule has 16 heavy (non-hydrogen) atoms. The molecule has 1 heterocycles. The van der Waals surface area contributed by atoms with Gasteiger partial charge >= 0.3 is 0 Å². The zero-order chi connectivity index (χ0) is 11.8. The Morgan fingerprint density at radius 2 is 2.19 bits per heavy atom. The maximum atomic E-state index is 11.3. The zero-order valence-corrected chi connectivity index (χ0v) is 10.3. The molecule has 7 heteroatoms. The van der Waals surface area contributed by atoms with Gasteiger partial charge in [-0.15, -0.1) is 11.8 Å². The molecule has 88 valence electrons. The van der Waals surface area contributed by atoms with Gasteiger partial charge in [0.2, 0.25) is 10.0 Å². The van der Waals surface area contributed by atoms with E-state index >= 15 is 0 Å². The molecule has 0 amide bonds. The summed E-state index contributed by atoms with van der Waals surface area (Å²) >= 11 is 1.29. The Kier molecular flexibility index (Phi) is 3.09. The summed E-state index contributed by atoms with van der Waals surface area (Å²) in [6.45, 7) is 0. The molecule has 0 bridgehead atoms. The summed E-state index contributed by atoms with van der Waals surface area (Å²) in [6, 6.07) is 0. The molecule has 5 nitrogen and oxygen atoms in total. The first-order valence-electron chi connectivity index (χ1n) is 4.74.